The number of hydrogen-bond donors (Lipinski definition) is 0. The van der Waals surface area contributed by atoms with E-state index in [9.17, 15) is 13.2 Å². The molecule has 0 aliphatic carbocycles. The van der Waals surface area contributed by atoms with Gasteiger partial charge in [0.15, 0.2) is 0 Å². The molecular formula is C17H26ClNO4S. The summed E-state index contributed by atoms with van der Waals surface area (Å²) in [5.74, 6) is 0.193. The van der Waals surface area contributed by atoms with Crippen molar-refractivity contribution in [3.05, 3.63) is 28.8 Å². The predicted octanol–water partition coefficient (Wildman–Crippen LogP) is 3.85. The summed E-state index contributed by atoms with van der Waals surface area (Å²) < 4.78 is 27.9. The first-order chi connectivity index (χ1) is 10.8. The van der Waals surface area contributed by atoms with Crippen LogP contribution in [0.15, 0.2) is 18.2 Å². The van der Waals surface area contributed by atoms with Crippen LogP contribution in [0.2, 0.25) is 5.02 Å². The third kappa shape index (κ3) is 7.09. The average Bonchev–Trinajstić information content (AvgIpc) is 2.34. The van der Waals surface area contributed by atoms with Crippen LogP contribution in [0.25, 0.3) is 0 Å². The second-order valence-corrected chi connectivity index (χ2v) is 9.40. The van der Waals surface area contributed by atoms with Gasteiger partial charge in [-0.1, -0.05) is 32.4 Å². The Morgan fingerprint density at radius 3 is 2.33 bits per heavy atom. The molecule has 0 heterocycles. The van der Waals surface area contributed by atoms with Crippen molar-refractivity contribution in [3.63, 3.8) is 0 Å². The number of hydrogen-bond acceptors (Lipinski definition) is 4. The molecule has 136 valence electrons. The lowest BCUT2D eigenvalue weighted by Crippen LogP contribution is -2.38. The molecular weight excluding hydrogens is 350 g/mol. The Balaban J connectivity index is 3.14. The Morgan fingerprint density at radius 1 is 1.29 bits per heavy atom. The zero-order valence-electron chi connectivity index (χ0n) is 15.1. The van der Waals surface area contributed by atoms with Gasteiger partial charge in [-0.2, -0.15) is 8.42 Å². The predicted molar refractivity (Wildman–Crippen MR) is 96.7 cm³/mol. The fraction of sp³-hybridized carbons (Fsp3) is 0.588. The van der Waals surface area contributed by atoms with Gasteiger partial charge in [0.2, 0.25) is 5.91 Å². The number of nitrogens with zero attached hydrogens (tertiary/aromatic N) is 1. The van der Waals surface area contributed by atoms with Gasteiger partial charge < -0.3 is 9.08 Å². The van der Waals surface area contributed by atoms with E-state index in [-0.39, 0.29) is 29.7 Å². The smallest absolute Gasteiger partial charge is 0.306 e. The number of carbonyl (C=O) groups is 1. The lowest BCUT2D eigenvalue weighted by atomic mass is 9.91. The molecule has 5 nitrogen and oxygen atoms in total. The molecule has 0 unspecified atom stereocenters. The molecule has 0 N–H and O–H groups in total. The van der Waals surface area contributed by atoms with Gasteiger partial charge in [-0.3, -0.25) is 4.79 Å². The van der Waals surface area contributed by atoms with Crippen molar-refractivity contribution in [1.29, 1.82) is 0 Å². The first kappa shape index (κ1) is 20.8. The third-order valence-corrected chi connectivity index (χ3v) is 3.95. The molecule has 24 heavy (non-hydrogen) atoms. The molecule has 0 spiro atoms. The lowest BCUT2D eigenvalue weighted by molar-refractivity contribution is -0.135. The van der Waals surface area contributed by atoms with E-state index in [1.807, 2.05) is 34.6 Å². The summed E-state index contributed by atoms with van der Waals surface area (Å²) in [4.78, 5) is 14.3. The van der Waals surface area contributed by atoms with Crippen LogP contribution in [-0.4, -0.2) is 31.5 Å². The van der Waals surface area contributed by atoms with E-state index in [0.717, 1.165) is 6.26 Å². The summed E-state index contributed by atoms with van der Waals surface area (Å²) >= 11 is 6.03. The Hall–Kier alpha value is -1.27. The maximum atomic E-state index is 12.6. The van der Waals surface area contributed by atoms with Gasteiger partial charge in [-0.05, 0) is 37.5 Å². The normalized spacial score (nSPS) is 12.3. The van der Waals surface area contributed by atoms with Gasteiger partial charge in [0, 0.05) is 29.6 Å². The van der Waals surface area contributed by atoms with E-state index in [4.69, 9.17) is 15.8 Å². The molecule has 0 fully saturated rings. The highest BCUT2D eigenvalue weighted by atomic mass is 35.5. The SMILES string of the molecule is CC(C)N(Cc1cc(Cl)ccc1OS(C)(=O)=O)C(=O)CC(C)(C)C. The van der Waals surface area contributed by atoms with E-state index in [1.165, 1.54) is 6.07 Å². The maximum absolute atomic E-state index is 12.6. The minimum absolute atomic E-state index is 0.00258. The standard InChI is InChI=1S/C17H26ClNO4S/c1-12(2)19(16(20)10-17(3,4)5)11-13-9-14(18)7-8-15(13)23-24(6,21)22/h7-9,12H,10-11H2,1-6H3. The second kappa shape index (κ2) is 7.74. The van der Waals surface area contributed by atoms with Crippen LogP contribution in [0.1, 0.15) is 46.6 Å². The van der Waals surface area contributed by atoms with Crippen LogP contribution < -0.4 is 4.18 Å². The van der Waals surface area contributed by atoms with E-state index in [1.54, 1.807) is 17.0 Å². The maximum Gasteiger partial charge on any atom is 0.306 e. The zero-order chi connectivity index (χ0) is 18.7. The highest BCUT2D eigenvalue weighted by Crippen LogP contribution is 2.28. The lowest BCUT2D eigenvalue weighted by Gasteiger charge is -2.30. The second-order valence-electron chi connectivity index (χ2n) is 7.39. The minimum Gasteiger partial charge on any atom is -0.382 e. The number of benzene rings is 1. The van der Waals surface area contributed by atoms with Gasteiger partial charge in [-0.15, -0.1) is 0 Å². The van der Waals surface area contributed by atoms with Gasteiger partial charge in [0.05, 0.1) is 6.26 Å². The van der Waals surface area contributed by atoms with Gasteiger partial charge in [0.1, 0.15) is 5.75 Å². The fourth-order valence-electron chi connectivity index (χ4n) is 2.21. The van der Waals surface area contributed by atoms with E-state index in [2.05, 4.69) is 0 Å². The fourth-order valence-corrected chi connectivity index (χ4v) is 2.90. The number of amides is 1. The third-order valence-electron chi connectivity index (χ3n) is 3.23. The van der Waals surface area contributed by atoms with Crippen molar-refractivity contribution in [2.75, 3.05) is 6.26 Å². The monoisotopic (exact) mass is 375 g/mol. The molecule has 0 saturated carbocycles. The molecule has 1 aromatic carbocycles. The first-order valence-electron chi connectivity index (χ1n) is 7.76. The zero-order valence-corrected chi connectivity index (χ0v) is 16.7. The molecule has 0 aliphatic rings. The van der Waals surface area contributed by atoms with Crippen molar-refractivity contribution in [2.45, 2.75) is 53.6 Å². The quantitative estimate of drug-likeness (QED) is 0.708. The van der Waals surface area contributed by atoms with E-state index < -0.39 is 10.1 Å². The average molecular weight is 376 g/mol. The van der Waals surface area contributed by atoms with Gasteiger partial charge in [-0.25, -0.2) is 0 Å². The van der Waals surface area contributed by atoms with Gasteiger partial charge in [0.25, 0.3) is 0 Å². The topological polar surface area (TPSA) is 63.7 Å². The molecule has 1 aromatic rings. The van der Waals surface area contributed by atoms with Crippen LogP contribution >= 0.6 is 11.6 Å². The van der Waals surface area contributed by atoms with Crippen molar-refractivity contribution < 1.29 is 17.4 Å². The summed E-state index contributed by atoms with van der Waals surface area (Å²) in [6.07, 6.45) is 1.38. The van der Waals surface area contributed by atoms with Crippen molar-refractivity contribution >= 4 is 27.6 Å². The minimum atomic E-state index is -3.66. The molecule has 1 rings (SSSR count). The summed E-state index contributed by atoms with van der Waals surface area (Å²) in [6.45, 7) is 10.1. The van der Waals surface area contributed by atoms with Crippen molar-refractivity contribution in [3.8, 4) is 5.75 Å². The number of halogens is 1. The highest BCUT2D eigenvalue weighted by Gasteiger charge is 2.24. The molecule has 0 aromatic heterocycles. The van der Waals surface area contributed by atoms with Gasteiger partial charge >= 0.3 is 10.1 Å². The Labute approximate surface area is 150 Å². The van der Waals surface area contributed by atoms with Crippen LogP contribution in [-0.2, 0) is 21.5 Å². The Bertz CT molecular complexity index is 693. The van der Waals surface area contributed by atoms with E-state index in [0.29, 0.717) is 17.0 Å². The summed E-state index contributed by atoms with van der Waals surface area (Å²) in [7, 11) is -3.66. The molecule has 0 bridgehead atoms. The summed E-state index contributed by atoms with van der Waals surface area (Å²) in [5, 5.41) is 0.456. The molecule has 0 radical (unpaired) electrons. The van der Waals surface area contributed by atoms with Crippen LogP contribution in [0.3, 0.4) is 0 Å². The van der Waals surface area contributed by atoms with Crippen LogP contribution in [0, 0.1) is 5.41 Å². The molecule has 0 aliphatic heterocycles. The summed E-state index contributed by atoms with van der Waals surface area (Å²) in [6, 6.07) is 4.65. The largest absolute Gasteiger partial charge is 0.382 e. The molecule has 0 saturated heterocycles. The first-order valence-corrected chi connectivity index (χ1v) is 9.95. The van der Waals surface area contributed by atoms with Crippen LogP contribution in [0.4, 0.5) is 0 Å². The van der Waals surface area contributed by atoms with Crippen LogP contribution in [0.5, 0.6) is 5.75 Å². The van der Waals surface area contributed by atoms with E-state index >= 15 is 0 Å². The number of rotatable bonds is 6. The molecule has 0 atom stereocenters. The number of carbonyl (C=O) groups excluding carboxylic acids is 1. The highest BCUT2D eigenvalue weighted by molar-refractivity contribution is 7.86. The molecule has 7 heteroatoms. The Morgan fingerprint density at radius 2 is 1.88 bits per heavy atom. The van der Waals surface area contributed by atoms with Crippen molar-refractivity contribution in [2.24, 2.45) is 5.41 Å². The van der Waals surface area contributed by atoms with Crippen molar-refractivity contribution in [1.82, 2.24) is 4.90 Å². The summed E-state index contributed by atoms with van der Waals surface area (Å²) in [5.41, 5.74) is 0.425. The molecule has 1 amide bonds. The Kier molecular flexibility index (Phi) is 6.70.